The average Bonchev–Trinajstić information content (AvgIpc) is 2.55. The van der Waals surface area contributed by atoms with Crippen molar-refractivity contribution in [1.82, 2.24) is 0 Å². The van der Waals surface area contributed by atoms with Gasteiger partial charge in [-0.15, -0.1) is 0 Å². The molecule has 1 saturated carbocycles. The van der Waals surface area contributed by atoms with Crippen LogP contribution in [0.2, 0.25) is 0 Å². The van der Waals surface area contributed by atoms with Gasteiger partial charge in [0, 0.05) is 0 Å². The van der Waals surface area contributed by atoms with Crippen molar-refractivity contribution in [1.29, 1.82) is 0 Å². The lowest BCUT2D eigenvalue weighted by molar-refractivity contribution is -0.149. The van der Waals surface area contributed by atoms with Crippen LogP contribution in [0.1, 0.15) is 39.5 Å². The molecule has 0 amide bonds. The van der Waals surface area contributed by atoms with Gasteiger partial charge in [-0.05, 0) is 32.6 Å². The number of alkyl halides is 1. The quantitative estimate of drug-likeness (QED) is 0.567. The maximum absolute atomic E-state index is 11.2. The lowest BCUT2D eigenvalue weighted by Gasteiger charge is -2.19. The van der Waals surface area contributed by atoms with Crippen LogP contribution in [0.25, 0.3) is 0 Å². The standard InChI is InChI=1S/C10H17BrO2/c1-7(11)10(12)13-8(2)9-5-3-4-6-9/h7-9H,3-6H2,1-2H3. The number of rotatable bonds is 3. The summed E-state index contributed by atoms with van der Waals surface area (Å²) in [5.74, 6) is 0.453. The molecule has 0 N–H and O–H groups in total. The Morgan fingerprint density at radius 2 is 1.92 bits per heavy atom. The van der Waals surface area contributed by atoms with Gasteiger partial charge in [-0.3, -0.25) is 4.79 Å². The van der Waals surface area contributed by atoms with Gasteiger partial charge in [0.15, 0.2) is 0 Å². The normalized spacial score (nSPS) is 22.7. The lowest BCUT2D eigenvalue weighted by atomic mass is 10.0. The molecule has 3 heteroatoms. The van der Waals surface area contributed by atoms with E-state index in [1.165, 1.54) is 25.7 Å². The number of halogens is 1. The van der Waals surface area contributed by atoms with E-state index in [1.54, 1.807) is 6.92 Å². The molecule has 0 radical (unpaired) electrons. The molecule has 0 spiro atoms. The van der Waals surface area contributed by atoms with Crippen LogP contribution in [0.3, 0.4) is 0 Å². The van der Waals surface area contributed by atoms with Gasteiger partial charge in [0.25, 0.3) is 0 Å². The first-order valence-corrected chi connectivity index (χ1v) is 5.87. The van der Waals surface area contributed by atoms with Crippen molar-refractivity contribution >= 4 is 21.9 Å². The SMILES string of the molecule is CC(Br)C(=O)OC(C)C1CCCC1. The molecule has 1 rings (SSSR count). The summed E-state index contributed by atoms with van der Waals surface area (Å²) in [4.78, 5) is 11.1. The first kappa shape index (κ1) is 11.0. The van der Waals surface area contributed by atoms with Gasteiger partial charge in [-0.1, -0.05) is 28.8 Å². The smallest absolute Gasteiger partial charge is 0.319 e. The predicted octanol–water partition coefficient (Wildman–Crippen LogP) is 2.89. The first-order valence-electron chi connectivity index (χ1n) is 4.96. The average molecular weight is 249 g/mol. The Morgan fingerprint density at radius 3 is 2.38 bits per heavy atom. The van der Waals surface area contributed by atoms with Crippen molar-refractivity contribution < 1.29 is 9.53 Å². The van der Waals surface area contributed by atoms with Crippen LogP contribution in [-0.2, 0) is 9.53 Å². The minimum absolute atomic E-state index is 0.0926. The van der Waals surface area contributed by atoms with Gasteiger partial charge < -0.3 is 4.74 Å². The van der Waals surface area contributed by atoms with Crippen LogP contribution in [-0.4, -0.2) is 16.9 Å². The Hall–Kier alpha value is -0.0500. The highest BCUT2D eigenvalue weighted by atomic mass is 79.9. The van der Waals surface area contributed by atoms with Crippen molar-refractivity contribution in [2.45, 2.75) is 50.5 Å². The van der Waals surface area contributed by atoms with Crippen molar-refractivity contribution in [2.75, 3.05) is 0 Å². The first-order chi connectivity index (χ1) is 6.11. The molecular weight excluding hydrogens is 232 g/mol. The van der Waals surface area contributed by atoms with E-state index < -0.39 is 0 Å². The molecule has 2 unspecified atom stereocenters. The van der Waals surface area contributed by atoms with Gasteiger partial charge >= 0.3 is 5.97 Å². The van der Waals surface area contributed by atoms with Crippen LogP contribution < -0.4 is 0 Å². The third kappa shape index (κ3) is 3.29. The van der Waals surface area contributed by atoms with E-state index in [2.05, 4.69) is 15.9 Å². The zero-order valence-electron chi connectivity index (χ0n) is 8.25. The molecule has 1 fully saturated rings. The molecular formula is C10H17BrO2. The number of hydrogen-bond donors (Lipinski definition) is 0. The van der Waals surface area contributed by atoms with E-state index in [4.69, 9.17) is 4.74 Å². The summed E-state index contributed by atoms with van der Waals surface area (Å²) in [6.45, 7) is 3.80. The summed E-state index contributed by atoms with van der Waals surface area (Å²) >= 11 is 3.20. The summed E-state index contributed by atoms with van der Waals surface area (Å²) in [6.07, 6.45) is 5.10. The number of carbonyl (C=O) groups is 1. The van der Waals surface area contributed by atoms with Gasteiger partial charge in [-0.25, -0.2) is 0 Å². The molecule has 76 valence electrons. The van der Waals surface area contributed by atoms with Crippen LogP contribution in [0, 0.1) is 5.92 Å². The van der Waals surface area contributed by atoms with E-state index in [9.17, 15) is 4.79 Å². The molecule has 0 bridgehead atoms. The molecule has 2 atom stereocenters. The number of esters is 1. The second kappa shape index (κ2) is 4.99. The molecule has 1 aliphatic carbocycles. The monoisotopic (exact) mass is 248 g/mol. The third-order valence-corrected chi connectivity index (χ3v) is 3.06. The molecule has 1 aliphatic rings. The molecule has 0 saturated heterocycles. The maximum Gasteiger partial charge on any atom is 0.319 e. The second-order valence-corrected chi connectivity index (χ2v) is 5.18. The summed E-state index contributed by atoms with van der Waals surface area (Å²) in [5.41, 5.74) is 0. The lowest BCUT2D eigenvalue weighted by Crippen LogP contribution is -2.25. The number of hydrogen-bond acceptors (Lipinski definition) is 2. The molecule has 0 aliphatic heterocycles. The van der Waals surface area contributed by atoms with Crippen LogP contribution >= 0.6 is 15.9 Å². The van der Waals surface area contributed by atoms with E-state index >= 15 is 0 Å². The maximum atomic E-state index is 11.2. The largest absolute Gasteiger partial charge is 0.462 e. The molecule has 0 heterocycles. The van der Waals surface area contributed by atoms with E-state index in [0.717, 1.165) is 0 Å². The van der Waals surface area contributed by atoms with Gasteiger partial charge in [0.05, 0.1) is 0 Å². The Balaban J connectivity index is 2.31. The highest BCUT2D eigenvalue weighted by Gasteiger charge is 2.25. The topological polar surface area (TPSA) is 26.3 Å². The molecule has 13 heavy (non-hydrogen) atoms. The summed E-state index contributed by atoms with van der Waals surface area (Å²) in [5, 5.41) is 0. The molecule has 0 aromatic rings. The number of carbonyl (C=O) groups excluding carboxylic acids is 1. The van der Waals surface area contributed by atoms with E-state index in [-0.39, 0.29) is 16.9 Å². The minimum Gasteiger partial charge on any atom is -0.462 e. The highest BCUT2D eigenvalue weighted by Crippen LogP contribution is 2.29. The van der Waals surface area contributed by atoms with Crippen LogP contribution in [0.15, 0.2) is 0 Å². The second-order valence-electron chi connectivity index (χ2n) is 3.80. The third-order valence-electron chi connectivity index (χ3n) is 2.69. The van der Waals surface area contributed by atoms with Gasteiger partial charge in [-0.2, -0.15) is 0 Å². The highest BCUT2D eigenvalue weighted by molar-refractivity contribution is 9.10. The predicted molar refractivity (Wildman–Crippen MR) is 55.9 cm³/mol. The van der Waals surface area contributed by atoms with Crippen molar-refractivity contribution in [3.8, 4) is 0 Å². The zero-order valence-corrected chi connectivity index (χ0v) is 9.84. The van der Waals surface area contributed by atoms with Crippen LogP contribution in [0.4, 0.5) is 0 Å². The van der Waals surface area contributed by atoms with E-state index in [0.29, 0.717) is 5.92 Å². The number of ether oxygens (including phenoxy) is 1. The van der Waals surface area contributed by atoms with Gasteiger partial charge in [0.2, 0.25) is 0 Å². The fourth-order valence-electron chi connectivity index (χ4n) is 1.80. The summed E-state index contributed by atoms with van der Waals surface area (Å²) in [6, 6.07) is 0. The van der Waals surface area contributed by atoms with Crippen molar-refractivity contribution in [2.24, 2.45) is 5.92 Å². The summed E-state index contributed by atoms with van der Waals surface area (Å²) < 4.78 is 5.31. The van der Waals surface area contributed by atoms with Crippen molar-refractivity contribution in [3.05, 3.63) is 0 Å². The van der Waals surface area contributed by atoms with Crippen LogP contribution in [0.5, 0.6) is 0 Å². The molecule has 0 aromatic heterocycles. The Kier molecular flexibility index (Phi) is 4.23. The van der Waals surface area contributed by atoms with Gasteiger partial charge in [0.1, 0.15) is 10.9 Å². The summed E-state index contributed by atoms with van der Waals surface area (Å²) in [7, 11) is 0. The fraction of sp³-hybridized carbons (Fsp3) is 0.900. The zero-order chi connectivity index (χ0) is 9.84. The Labute approximate surface area is 88.2 Å². The molecule has 2 nitrogen and oxygen atoms in total. The Morgan fingerprint density at radius 1 is 1.38 bits per heavy atom. The minimum atomic E-state index is -0.184. The Bertz CT molecular complexity index is 174. The van der Waals surface area contributed by atoms with Crippen molar-refractivity contribution in [3.63, 3.8) is 0 Å². The molecule has 0 aromatic carbocycles. The van der Waals surface area contributed by atoms with E-state index in [1.807, 2.05) is 6.92 Å². The fourth-order valence-corrected chi connectivity index (χ4v) is 1.91.